The summed E-state index contributed by atoms with van der Waals surface area (Å²) in [4.78, 5) is 13.8. The Hall–Kier alpha value is -0.230. The van der Waals surface area contributed by atoms with E-state index in [0.717, 1.165) is 19.3 Å². The van der Waals surface area contributed by atoms with E-state index in [1.165, 1.54) is 0 Å². The van der Waals surface area contributed by atoms with Crippen molar-refractivity contribution in [3.63, 3.8) is 0 Å². The smallest absolute Gasteiger partial charge is 0.344 e. The first-order chi connectivity index (χ1) is 9.88. The Morgan fingerprint density at radius 1 is 0.952 bits per heavy atom. The fourth-order valence-electron chi connectivity index (χ4n) is 2.78. The Bertz CT molecular complexity index is 631. The van der Waals surface area contributed by atoms with E-state index in [0.29, 0.717) is 13.1 Å². The largest absolute Gasteiger partial charge is 0.411 e. The molecule has 1 saturated heterocycles. The van der Waals surface area contributed by atoms with E-state index in [9.17, 15) is 9.90 Å². The summed E-state index contributed by atoms with van der Waals surface area (Å²) in [6.07, 6.45) is 2.84. The number of rotatable bonds is 1. The van der Waals surface area contributed by atoms with E-state index in [4.69, 9.17) is 51.1 Å². The minimum Gasteiger partial charge on any atom is -0.411 e. The van der Waals surface area contributed by atoms with Crippen LogP contribution >= 0.6 is 46.4 Å². The Kier molecular flexibility index (Phi) is 4.06. The first-order valence-corrected chi connectivity index (χ1v) is 7.96. The predicted molar refractivity (Wildman–Crippen MR) is 81.2 cm³/mol. The third-order valence-electron chi connectivity index (χ3n) is 3.82. The lowest BCUT2D eigenvalue weighted by molar-refractivity contribution is -0.268. The fourth-order valence-corrected chi connectivity index (χ4v) is 3.83. The minimum atomic E-state index is -1.94. The number of carbonyl (C=O) groups excluding carboxylic acids is 1. The number of nitrogens with zero attached hydrogens (tertiary/aromatic N) is 1. The number of aliphatic hydroxyl groups is 1. The van der Waals surface area contributed by atoms with Crippen molar-refractivity contribution in [2.75, 3.05) is 13.1 Å². The van der Waals surface area contributed by atoms with E-state index >= 15 is 0 Å². The van der Waals surface area contributed by atoms with Crippen LogP contribution in [0.4, 0.5) is 0 Å². The number of likely N-dealkylation sites (tertiary alicyclic amines) is 1. The molecule has 1 aromatic rings. The molecule has 1 atom stereocenters. The first-order valence-electron chi connectivity index (χ1n) is 6.45. The van der Waals surface area contributed by atoms with Crippen LogP contribution in [0.25, 0.3) is 0 Å². The van der Waals surface area contributed by atoms with Crippen LogP contribution in [-0.4, -0.2) is 29.1 Å². The van der Waals surface area contributed by atoms with Gasteiger partial charge in [0.05, 0.1) is 31.2 Å². The molecule has 1 N–H and O–H groups in total. The maximum Gasteiger partial charge on any atom is 0.344 e. The van der Waals surface area contributed by atoms with E-state index in [-0.39, 0.29) is 31.2 Å². The quantitative estimate of drug-likeness (QED) is 0.460. The highest BCUT2D eigenvalue weighted by atomic mass is 35.5. The van der Waals surface area contributed by atoms with Gasteiger partial charge in [-0.1, -0.05) is 52.8 Å². The minimum absolute atomic E-state index is 0.00387. The van der Waals surface area contributed by atoms with Gasteiger partial charge in [-0.15, -0.1) is 0 Å². The maximum absolute atomic E-state index is 12.1. The van der Waals surface area contributed by atoms with Gasteiger partial charge in [-0.3, -0.25) is 0 Å². The lowest BCUT2D eigenvalue weighted by Gasteiger charge is -2.38. The monoisotopic (exact) mass is 369 g/mol. The van der Waals surface area contributed by atoms with Gasteiger partial charge in [0.25, 0.3) is 0 Å². The molecule has 2 heterocycles. The van der Waals surface area contributed by atoms with E-state index in [1.807, 2.05) is 0 Å². The third kappa shape index (κ3) is 2.24. The second-order valence-corrected chi connectivity index (χ2v) is 6.56. The Balaban J connectivity index is 2.21. The molecule has 2 aliphatic rings. The van der Waals surface area contributed by atoms with Gasteiger partial charge in [-0.05, 0) is 12.8 Å². The lowest BCUT2D eigenvalue weighted by atomic mass is 10.0. The molecule has 0 unspecified atom stereocenters. The van der Waals surface area contributed by atoms with Crippen LogP contribution in [0, 0.1) is 0 Å². The summed E-state index contributed by atoms with van der Waals surface area (Å²) in [5, 5.41) is 10.8. The average Bonchev–Trinajstić information content (AvgIpc) is 2.76. The molecule has 0 aromatic heterocycles. The van der Waals surface area contributed by atoms with Crippen molar-refractivity contribution < 1.29 is 14.6 Å². The summed E-state index contributed by atoms with van der Waals surface area (Å²) >= 11 is 24.3. The molecule has 114 valence electrons. The van der Waals surface area contributed by atoms with Crippen LogP contribution in [0.3, 0.4) is 0 Å². The molecule has 21 heavy (non-hydrogen) atoms. The molecule has 0 aliphatic carbocycles. The molecule has 1 aromatic carbocycles. The number of carbonyl (C=O) groups is 1. The molecule has 0 saturated carbocycles. The number of fused-ring (bicyclic) bond motifs is 1. The van der Waals surface area contributed by atoms with Gasteiger partial charge < -0.3 is 9.84 Å². The number of halogens is 4. The molecular formula is C13H11Cl4NO3. The first kappa shape index (κ1) is 15.7. The highest BCUT2D eigenvalue weighted by Gasteiger charge is 2.52. The zero-order valence-corrected chi connectivity index (χ0v) is 13.8. The van der Waals surface area contributed by atoms with Crippen molar-refractivity contribution in [3.8, 4) is 0 Å². The van der Waals surface area contributed by atoms with Crippen LogP contribution in [0.2, 0.25) is 20.1 Å². The Morgan fingerprint density at radius 3 is 2.14 bits per heavy atom. The van der Waals surface area contributed by atoms with Gasteiger partial charge in [0, 0.05) is 13.1 Å². The molecule has 0 bridgehead atoms. The normalized spacial score (nSPS) is 25.9. The van der Waals surface area contributed by atoms with Crippen molar-refractivity contribution in [1.82, 2.24) is 4.90 Å². The molecule has 8 heteroatoms. The van der Waals surface area contributed by atoms with Crippen LogP contribution in [0.15, 0.2) is 0 Å². The second kappa shape index (κ2) is 5.44. The van der Waals surface area contributed by atoms with Gasteiger partial charge in [-0.2, -0.15) is 0 Å². The topological polar surface area (TPSA) is 49.8 Å². The summed E-state index contributed by atoms with van der Waals surface area (Å²) in [5.74, 6) is -2.70. The van der Waals surface area contributed by atoms with Crippen LogP contribution in [0.1, 0.15) is 35.2 Å². The van der Waals surface area contributed by atoms with E-state index < -0.39 is 11.9 Å². The molecule has 1 fully saturated rings. The number of hydrogen-bond acceptors (Lipinski definition) is 4. The number of hydrogen-bond donors (Lipinski definition) is 1. The molecule has 0 spiro atoms. The van der Waals surface area contributed by atoms with Gasteiger partial charge in [0.1, 0.15) is 0 Å². The Morgan fingerprint density at radius 2 is 1.52 bits per heavy atom. The van der Waals surface area contributed by atoms with Crippen molar-refractivity contribution in [1.29, 1.82) is 0 Å². The summed E-state index contributed by atoms with van der Waals surface area (Å²) < 4.78 is 5.19. The van der Waals surface area contributed by atoms with Gasteiger partial charge >= 0.3 is 11.9 Å². The zero-order chi connectivity index (χ0) is 15.4. The van der Waals surface area contributed by atoms with Gasteiger partial charge in [0.15, 0.2) is 0 Å². The molecule has 0 radical (unpaired) electrons. The maximum atomic E-state index is 12.1. The number of benzene rings is 1. The second-order valence-electron chi connectivity index (χ2n) is 5.05. The summed E-state index contributed by atoms with van der Waals surface area (Å²) in [5.41, 5.74) is 0.0552. The van der Waals surface area contributed by atoms with Gasteiger partial charge in [-0.25, -0.2) is 9.69 Å². The average molecular weight is 371 g/mol. The highest BCUT2D eigenvalue weighted by molar-refractivity contribution is 6.53. The Labute approximate surface area is 141 Å². The molecule has 2 aliphatic heterocycles. The van der Waals surface area contributed by atoms with Crippen LogP contribution in [-0.2, 0) is 10.6 Å². The van der Waals surface area contributed by atoms with Crippen molar-refractivity contribution in [2.45, 2.75) is 25.2 Å². The highest BCUT2D eigenvalue weighted by Crippen LogP contribution is 2.50. The number of ether oxygens (including phenoxy) is 1. The van der Waals surface area contributed by atoms with Crippen molar-refractivity contribution >= 4 is 52.4 Å². The van der Waals surface area contributed by atoms with E-state index in [1.54, 1.807) is 4.90 Å². The van der Waals surface area contributed by atoms with Crippen molar-refractivity contribution in [3.05, 3.63) is 31.2 Å². The number of piperidine rings is 1. The summed E-state index contributed by atoms with van der Waals surface area (Å²) in [6.45, 7) is 1.16. The van der Waals surface area contributed by atoms with Crippen molar-refractivity contribution in [2.24, 2.45) is 0 Å². The van der Waals surface area contributed by atoms with Gasteiger partial charge in [0.2, 0.25) is 0 Å². The number of cyclic esters (lactones) is 1. The molecule has 3 rings (SSSR count). The summed E-state index contributed by atoms with van der Waals surface area (Å²) in [6, 6.07) is 0. The fraction of sp³-hybridized carbons (Fsp3) is 0.462. The SMILES string of the molecule is O=C1O[C@@](O)(N2CCCCC2)c2c(Cl)c(Cl)c(Cl)c(Cl)c21. The standard InChI is InChI=1S/C13H11Cl4NO3/c14-8-6-7(9(15)11(17)10(8)16)13(20,21-12(6)19)18-4-2-1-3-5-18/h20H,1-5H2/t13-/m1/s1. The molecule has 4 nitrogen and oxygen atoms in total. The van der Waals surface area contributed by atoms with Crippen LogP contribution in [0.5, 0.6) is 0 Å². The lowest BCUT2D eigenvalue weighted by Crippen LogP contribution is -2.49. The third-order valence-corrected chi connectivity index (χ3v) is 5.62. The number of esters is 1. The zero-order valence-electron chi connectivity index (χ0n) is 10.8. The van der Waals surface area contributed by atoms with E-state index in [2.05, 4.69) is 0 Å². The predicted octanol–water partition coefficient (Wildman–Crippen LogP) is 4.06. The summed E-state index contributed by atoms with van der Waals surface area (Å²) in [7, 11) is 0. The van der Waals surface area contributed by atoms with Crippen LogP contribution < -0.4 is 0 Å². The molecular weight excluding hydrogens is 360 g/mol. The molecule has 0 amide bonds.